The molecule has 7 heteroatoms. The number of carbonyl (C=O) groups excluding carboxylic acids is 2. The van der Waals surface area contributed by atoms with Gasteiger partial charge in [-0.05, 0) is 58.7 Å². The number of benzene rings is 2. The number of aryl methyl sites for hydroxylation is 1. The second kappa shape index (κ2) is 9.90. The third kappa shape index (κ3) is 7.05. The lowest BCUT2D eigenvalue weighted by Gasteiger charge is -2.27. The monoisotopic (exact) mass is 433 g/mol. The summed E-state index contributed by atoms with van der Waals surface area (Å²) in [6.45, 7) is 10.2. The van der Waals surface area contributed by atoms with Gasteiger partial charge in [0.15, 0.2) is 0 Å². The minimum absolute atomic E-state index is 0.207. The van der Waals surface area contributed by atoms with E-state index in [-0.39, 0.29) is 5.56 Å². The van der Waals surface area contributed by atoms with Gasteiger partial charge in [0.25, 0.3) is 0 Å². The number of alkyl carbamates (subject to hydrolysis) is 1. The van der Waals surface area contributed by atoms with E-state index in [2.05, 4.69) is 5.32 Å². The number of amides is 1. The maximum atomic E-state index is 14.6. The second-order valence-electron chi connectivity index (χ2n) is 8.56. The van der Waals surface area contributed by atoms with E-state index in [1.165, 1.54) is 19.1 Å². The number of ether oxygens (including phenoxy) is 2. The highest BCUT2D eigenvalue weighted by Gasteiger charge is 2.30. The zero-order valence-electron chi connectivity index (χ0n) is 18.7. The molecule has 2 aromatic carbocycles. The molecule has 0 aliphatic heterocycles. The summed E-state index contributed by atoms with van der Waals surface area (Å²) >= 11 is 0. The molecule has 0 unspecified atom stereocenters. The fourth-order valence-corrected chi connectivity index (χ4v) is 3.13. The molecule has 0 heterocycles. The van der Waals surface area contributed by atoms with E-state index < -0.39 is 47.4 Å². The van der Waals surface area contributed by atoms with Crippen LogP contribution in [0.4, 0.5) is 13.6 Å². The molecule has 31 heavy (non-hydrogen) atoms. The largest absolute Gasteiger partial charge is 0.460 e. The standard InChI is InChI=1S/C24H29F2NO4/c1-14-7-9-17(10-8-14)21(19-12-11-18(25)13-20(19)26)16(3)30-22(28)15(2)27-23(29)31-24(4,5)6/h7-13,15-16,21H,1-6H3,(H,27,29)/t15-,16-,21-/m0/s1. The van der Waals surface area contributed by atoms with E-state index in [0.29, 0.717) is 5.56 Å². The summed E-state index contributed by atoms with van der Waals surface area (Å²) in [4.78, 5) is 24.5. The molecule has 0 bridgehead atoms. The van der Waals surface area contributed by atoms with Crippen molar-refractivity contribution in [2.75, 3.05) is 0 Å². The van der Waals surface area contributed by atoms with Crippen molar-refractivity contribution in [2.45, 2.75) is 65.2 Å². The molecular weight excluding hydrogens is 404 g/mol. The number of rotatable bonds is 6. The Hall–Kier alpha value is -2.96. The minimum atomic E-state index is -0.978. The molecule has 168 valence electrons. The van der Waals surface area contributed by atoms with Gasteiger partial charge in [-0.1, -0.05) is 35.9 Å². The Morgan fingerprint density at radius 3 is 2.16 bits per heavy atom. The summed E-state index contributed by atoms with van der Waals surface area (Å²) in [7, 11) is 0. The van der Waals surface area contributed by atoms with Crippen LogP contribution in [-0.2, 0) is 14.3 Å². The Labute approximate surface area is 181 Å². The first-order chi connectivity index (χ1) is 14.4. The molecule has 0 aliphatic rings. The highest BCUT2D eigenvalue weighted by Crippen LogP contribution is 2.32. The van der Waals surface area contributed by atoms with Gasteiger partial charge in [0, 0.05) is 12.0 Å². The smallest absolute Gasteiger partial charge is 0.408 e. The Kier molecular flexibility index (Phi) is 7.76. The van der Waals surface area contributed by atoms with Gasteiger partial charge in [-0.2, -0.15) is 0 Å². The topological polar surface area (TPSA) is 64.6 Å². The van der Waals surface area contributed by atoms with Crippen LogP contribution in [0.1, 0.15) is 57.2 Å². The molecule has 2 rings (SSSR count). The molecule has 0 spiro atoms. The van der Waals surface area contributed by atoms with Gasteiger partial charge >= 0.3 is 12.1 Å². The van der Waals surface area contributed by atoms with Gasteiger partial charge in [-0.25, -0.2) is 18.4 Å². The predicted molar refractivity (Wildman–Crippen MR) is 114 cm³/mol. The number of carbonyl (C=O) groups is 2. The van der Waals surface area contributed by atoms with E-state index in [4.69, 9.17) is 9.47 Å². The van der Waals surface area contributed by atoms with E-state index >= 15 is 0 Å². The molecule has 2 aromatic rings. The molecule has 0 aromatic heterocycles. The van der Waals surface area contributed by atoms with E-state index in [1.807, 2.05) is 31.2 Å². The SMILES string of the molecule is Cc1ccc([C@@H](c2ccc(F)cc2F)[C@H](C)OC(=O)[C@H](C)NC(=O)OC(C)(C)C)cc1. The van der Waals surface area contributed by atoms with E-state index in [0.717, 1.165) is 11.6 Å². The van der Waals surface area contributed by atoms with Crippen LogP contribution in [0, 0.1) is 18.6 Å². The van der Waals surface area contributed by atoms with Crippen LogP contribution in [0.3, 0.4) is 0 Å². The Balaban J connectivity index is 2.23. The first-order valence-corrected chi connectivity index (χ1v) is 10.1. The number of hydrogen-bond donors (Lipinski definition) is 1. The molecule has 5 nitrogen and oxygen atoms in total. The summed E-state index contributed by atoms with van der Waals surface area (Å²) in [5.41, 5.74) is 1.22. The van der Waals surface area contributed by atoms with Crippen molar-refractivity contribution in [3.05, 3.63) is 70.8 Å². The van der Waals surface area contributed by atoms with Gasteiger partial charge < -0.3 is 14.8 Å². The molecular formula is C24H29F2NO4. The van der Waals surface area contributed by atoms with E-state index in [9.17, 15) is 18.4 Å². The lowest BCUT2D eigenvalue weighted by atomic mass is 9.86. The normalized spacial score (nSPS) is 14.3. The average Bonchev–Trinajstić information content (AvgIpc) is 2.63. The highest BCUT2D eigenvalue weighted by atomic mass is 19.1. The molecule has 1 N–H and O–H groups in total. The Morgan fingerprint density at radius 2 is 1.61 bits per heavy atom. The second-order valence-corrected chi connectivity index (χ2v) is 8.56. The van der Waals surface area contributed by atoms with Crippen molar-refractivity contribution < 1.29 is 27.8 Å². The summed E-state index contributed by atoms with van der Waals surface area (Å²) < 4.78 is 38.7. The van der Waals surface area contributed by atoms with Crippen LogP contribution >= 0.6 is 0 Å². The maximum Gasteiger partial charge on any atom is 0.408 e. The quantitative estimate of drug-likeness (QED) is 0.632. The lowest BCUT2D eigenvalue weighted by Crippen LogP contribution is -2.43. The van der Waals surface area contributed by atoms with Gasteiger partial charge in [0.1, 0.15) is 29.4 Å². The first-order valence-electron chi connectivity index (χ1n) is 10.1. The van der Waals surface area contributed by atoms with Crippen LogP contribution in [0.15, 0.2) is 42.5 Å². The third-order valence-electron chi connectivity index (χ3n) is 4.59. The van der Waals surface area contributed by atoms with Gasteiger partial charge in [-0.15, -0.1) is 0 Å². The fourth-order valence-electron chi connectivity index (χ4n) is 3.13. The van der Waals surface area contributed by atoms with Gasteiger partial charge in [-0.3, -0.25) is 0 Å². The number of nitrogens with one attached hydrogen (secondary N) is 1. The van der Waals surface area contributed by atoms with Crippen molar-refractivity contribution in [2.24, 2.45) is 0 Å². The van der Waals surface area contributed by atoms with Gasteiger partial charge in [0.2, 0.25) is 0 Å². The maximum absolute atomic E-state index is 14.6. The van der Waals surface area contributed by atoms with Crippen LogP contribution < -0.4 is 5.32 Å². The summed E-state index contributed by atoms with van der Waals surface area (Å²) in [5.74, 6) is -2.78. The number of halogens is 2. The first kappa shape index (κ1) is 24.3. The highest BCUT2D eigenvalue weighted by molar-refractivity contribution is 5.81. The molecule has 0 saturated carbocycles. The minimum Gasteiger partial charge on any atom is -0.460 e. The lowest BCUT2D eigenvalue weighted by molar-refractivity contribution is -0.151. The Morgan fingerprint density at radius 1 is 1.00 bits per heavy atom. The number of hydrogen-bond acceptors (Lipinski definition) is 4. The average molecular weight is 433 g/mol. The molecule has 0 fully saturated rings. The van der Waals surface area contributed by atoms with Crippen molar-refractivity contribution in [3.8, 4) is 0 Å². The summed E-state index contributed by atoms with van der Waals surface area (Å²) in [6.07, 6.45) is -1.54. The number of esters is 1. The van der Waals surface area contributed by atoms with Crippen molar-refractivity contribution in [3.63, 3.8) is 0 Å². The molecule has 0 saturated heterocycles. The van der Waals surface area contributed by atoms with Crippen molar-refractivity contribution in [1.82, 2.24) is 5.32 Å². The molecule has 1 amide bonds. The van der Waals surface area contributed by atoms with Crippen LogP contribution in [0.25, 0.3) is 0 Å². The van der Waals surface area contributed by atoms with Crippen molar-refractivity contribution >= 4 is 12.1 Å². The van der Waals surface area contributed by atoms with Gasteiger partial charge in [0.05, 0.1) is 0 Å². The van der Waals surface area contributed by atoms with E-state index in [1.54, 1.807) is 27.7 Å². The molecule has 0 aliphatic carbocycles. The van der Waals surface area contributed by atoms with Crippen LogP contribution in [0.2, 0.25) is 0 Å². The third-order valence-corrected chi connectivity index (χ3v) is 4.59. The molecule has 0 radical (unpaired) electrons. The van der Waals surface area contributed by atoms with Crippen LogP contribution in [0.5, 0.6) is 0 Å². The predicted octanol–water partition coefficient (Wildman–Crippen LogP) is 5.25. The Bertz CT molecular complexity index is 922. The summed E-state index contributed by atoms with van der Waals surface area (Å²) in [5, 5.41) is 2.43. The van der Waals surface area contributed by atoms with Crippen molar-refractivity contribution in [1.29, 1.82) is 0 Å². The summed E-state index contributed by atoms with van der Waals surface area (Å²) in [6, 6.07) is 9.70. The zero-order valence-corrected chi connectivity index (χ0v) is 18.7. The zero-order chi connectivity index (χ0) is 23.3. The molecule has 3 atom stereocenters. The fraction of sp³-hybridized carbons (Fsp3) is 0.417. The van der Waals surface area contributed by atoms with Crippen LogP contribution in [-0.4, -0.2) is 29.8 Å².